The van der Waals surface area contributed by atoms with Gasteiger partial charge in [-0.05, 0) is 24.1 Å². The van der Waals surface area contributed by atoms with Crippen molar-refractivity contribution in [3.63, 3.8) is 0 Å². The molecule has 112 valence electrons. The molecule has 2 unspecified atom stereocenters. The summed E-state index contributed by atoms with van der Waals surface area (Å²) < 4.78 is 6.18. The maximum atomic E-state index is 6.18. The number of ether oxygens (including phenoxy) is 1. The molecule has 0 aromatic heterocycles. The highest BCUT2D eigenvalue weighted by atomic mass is 16.5. The molecule has 2 aromatic rings. The van der Waals surface area contributed by atoms with Crippen molar-refractivity contribution in [2.75, 3.05) is 6.54 Å². The Hall–Kier alpha value is -1.64. The third-order valence-corrected chi connectivity index (χ3v) is 3.66. The van der Waals surface area contributed by atoms with E-state index in [-0.39, 0.29) is 12.1 Å². The summed E-state index contributed by atoms with van der Waals surface area (Å²) in [6, 6.07) is 21.2. The number of likely N-dealkylation sites (N-methyl/N-ethyl adjacent to an activating group) is 1. The summed E-state index contributed by atoms with van der Waals surface area (Å²) in [6.07, 6.45) is 1.16. The second-order valence-electron chi connectivity index (χ2n) is 5.19. The largest absolute Gasteiger partial charge is 0.372 e. The summed E-state index contributed by atoms with van der Waals surface area (Å²) >= 11 is 0. The predicted octanol–water partition coefficient (Wildman–Crippen LogP) is 4.33. The highest BCUT2D eigenvalue weighted by Gasteiger charge is 2.21. The number of hydrogen-bond acceptors (Lipinski definition) is 2. The van der Waals surface area contributed by atoms with E-state index in [1.54, 1.807) is 0 Å². The van der Waals surface area contributed by atoms with Crippen molar-refractivity contribution in [3.05, 3.63) is 71.8 Å². The summed E-state index contributed by atoms with van der Waals surface area (Å²) in [7, 11) is 0. The molecule has 21 heavy (non-hydrogen) atoms. The van der Waals surface area contributed by atoms with Gasteiger partial charge in [0.05, 0.1) is 18.8 Å². The average Bonchev–Trinajstić information content (AvgIpc) is 2.56. The van der Waals surface area contributed by atoms with Gasteiger partial charge in [0, 0.05) is 0 Å². The van der Waals surface area contributed by atoms with Crippen LogP contribution in [0.3, 0.4) is 0 Å². The predicted molar refractivity (Wildman–Crippen MR) is 88.2 cm³/mol. The Morgan fingerprint density at radius 3 is 2.10 bits per heavy atom. The average molecular weight is 283 g/mol. The van der Waals surface area contributed by atoms with Crippen molar-refractivity contribution < 1.29 is 4.74 Å². The van der Waals surface area contributed by atoms with Gasteiger partial charge in [-0.3, -0.25) is 0 Å². The fraction of sp³-hybridized carbons (Fsp3) is 0.368. The number of benzene rings is 2. The number of hydrogen-bond donors (Lipinski definition) is 1. The minimum absolute atomic E-state index is 0.174. The van der Waals surface area contributed by atoms with Gasteiger partial charge in [0.1, 0.15) is 0 Å². The van der Waals surface area contributed by atoms with Crippen molar-refractivity contribution >= 4 is 0 Å². The van der Waals surface area contributed by atoms with Gasteiger partial charge in [0.25, 0.3) is 0 Å². The van der Waals surface area contributed by atoms with Crippen LogP contribution in [0.15, 0.2) is 60.7 Å². The molecule has 0 spiro atoms. The van der Waals surface area contributed by atoms with Gasteiger partial charge in [-0.15, -0.1) is 0 Å². The summed E-state index contributed by atoms with van der Waals surface area (Å²) in [5.41, 5.74) is 2.51. The fourth-order valence-electron chi connectivity index (χ4n) is 2.57. The summed E-state index contributed by atoms with van der Waals surface area (Å²) in [6.45, 7) is 5.92. The van der Waals surface area contributed by atoms with E-state index in [9.17, 15) is 0 Å². The highest BCUT2D eigenvalue weighted by Crippen LogP contribution is 2.22. The lowest BCUT2D eigenvalue weighted by atomic mass is 9.99. The normalized spacial score (nSPS) is 13.8. The zero-order valence-electron chi connectivity index (χ0n) is 13.0. The minimum Gasteiger partial charge on any atom is -0.372 e. The van der Waals surface area contributed by atoms with Crippen LogP contribution in [0.1, 0.15) is 37.4 Å². The van der Waals surface area contributed by atoms with E-state index in [1.165, 1.54) is 11.1 Å². The molecule has 0 radical (unpaired) electrons. The van der Waals surface area contributed by atoms with E-state index >= 15 is 0 Å². The Balaban J connectivity index is 2.05. The van der Waals surface area contributed by atoms with Crippen LogP contribution in [0.25, 0.3) is 0 Å². The maximum Gasteiger partial charge on any atom is 0.0771 e. The van der Waals surface area contributed by atoms with Crippen LogP contribution in [-0.4, -0.2) is 12.6 Å². The standard InChI is InChI=1S/C19H25NO/c1-3-18(21-15-16-11-7-5-8-12-16)19(20-4-2)17-13-9-6-10-14-17/h5-14,18-20H,3-4,15H2,1-2H3. The lowest BCUT2D eigenvalue weighted by Gasteiger charge is -2.27. The van der Waals surface area contributed by atoms with Crippen LogP contribution in [0.5, 0.6) is 0 Å². The molecule has 0 heterocycles. The Labute approximate surface area is 128 Å². The molecule has 0 saturated carbocycles. The van der Waals surface area contributed by atoms with Crippen molar-refractivity contribution in [3.8, 4) is 0 Å². The van der Waals surface area contributed by atoms with Gasteiger partial charge in [-0.2, -0.15) is 0 Å². The van der Waals surface area contributed by atoms with E-state index in [2.05, 4.69) is 73.8 Å². The van der Waals surface area contributed by atoms with Crippen molar-refractivity contribution in [1.82, 2.24) is 5.32 Å². The lowest BCUT2D eigenvalue weighted by molar-refractivity contribution is 0.0120. The van der Waals surface area contributed by atoms with Crippen LogP contribution in [0, 0.1) is 0 Å². The summed E-state index contributed by atoms with van der Waals surface area (Å²) in [5.74, 6) is 0. The maximum absolute atomic E-state index is 6.18. The molecule has 0 saturated heterocycles. The molecule has 0 aliphatic heterocycles. The molecule has 0 aliphatic carbocycles. The van der Waals surface area contributed by atoms with Crippen LogP contribution in [0.2, 0.25) is 0 Å². The van der Waals surface area contributed by atoms with Gasteiger partial charge in [-0.25, -0.2) is 0 Å². The van der Waals surface area contributed by atoms with E-state index in [4.69, 9.17) is 4.74 Å². The molecule has 2 rings (SSSR count). The molecular weight excluding hydrogens is 258 g/mol. The third kappa shape index (κ3) is 4.69. The zero-order chi connectivity index (χ0) is 14.9. The van der Waals surface area contributed by atoms with Crippen LogP contribution in [-0.2, 0) is 11.3 Å². The third-order valence-electron chi connectivity index (χ3n) is 3.66. The Morgan fingerprint density at radius 2 is 1.52 bits per heavy atom. The van der Waals surface area contributed by atoms with Crippen LogP contribution < -0.4 is 5.32 Å². The quantitative estimate of drug-likeness (QED) is 0.778. The first-order valence-corrected chi connectivity index (χ1v) is 7.79. The van der Waals surface area contributed by atoms with Crippen molar-refractivity contribution in [2.45, 2.75) is 39.0 Å². The number of rotatable bonds is 8. The Bertz CT molecular complexity index is 497. The monoisotopic (exact) mass is 283 g/mol. The molecule has 0 bridgehead atoms. The van der Waals surface area contributed by atoms with Gasteiger partial charge in [0.15, 0.2) is 0 Å². The molecule has 2 aromatic carbocycles. The smallest absolute Gasteiger partial charge is 0.0771 e. The fourth-order valence-corrected chi connectivity index (χ4v) is 2.57. The first-order valence-electron chi connectivity index (χ1n) is 7.79. The minimum atomic E-state index is 0.174. The van der Waals surface area contributed by atoms with Gasteiger partial charge in [0.2, 0.25) is 0 Å². The molecule has 2 atom stereocenters. The molecule has 2 heteroatoms. The van der Waals surface area contributed by atoms with E-state index < -0.39 is 0 Å². The lowest BCUT2D eigenvalue weighted by Crippen LogP contribution is -2.33. The molecule has 0 fully saturated rings. The van der Waals surface area contributed by atoms with Gasteiger partial charge >= 0.3 is 0 Å². The number of nitrogens with one attached hydrogen (secondary N) is 1. The van der Waals surface area contributed by atoms with Gasteiger partial charge < -0.3 is 10.1 Å². The van der Waals surface area contributed by atoms with Crippen LogP contribution in [0.4, 0.5) is 0 Å². The summed E-state index contributed by atoms with van der Waals surface area (Å²) in [4.78, 5) is 0. The molecule has 0 amide bonds. The molecule has 1 N–H and O–H groups in total. The summed E-state index contributed by atoms with van der Waals surface area (Å²) in [5, 5.41) is 3.56. The van der Waals surface area contributed by atoms with E-state index in [1.807, 2.05) is 6.07 Å². The Morgan fingerprint density at radius 1 is 0.905 bits per heavy atom. The second-order valence-corrected chi connectivity index (χ2v) is 5.19. The Kier molecular flexibility index (Phi) is 6.45. The molecule has 2 nitrogen and oxygen atoms in total. The van der Waals surface area contributed by atoms with Crippen molar-refractivity contribution in [2.24, 2.45) is 0 Å². The molecular formula is C19H25NO. The van der Waals surface area contributed by atoms with Gasteiger partial charge in [-0.1, -0.05) is 74.5 Å². The van der Waals surface area contributed by atoms with Crippen LogP contribution >= 0.6 is 0 Å². The van der Waals surface area contributed by atoms with Crippen molar-refractivity contribution in [1.29, 1.82) is 0 Å². The highest BCUT2D eigenvalue weighted by molar-refractivity contribution is 5.20. The topological polar surface area (TPSA) is 21.3 Å². The SMILES string of the molecule is CCNC(c1ccccc1)C(CC)OCc1ccccc1. The second kappa shape index (κ2) is 8.60. The molecule has 0 aliphatic rings. The first-order chi connectivity index (χ1) is 10.3. The first kappa shape index (κ1) is 15.7. The van der Waals surface area contributed by atoms with E-state index in [0.717, 1.165) is 13.0 Å². The zero-order valence-corrected chi connectivity index (χ0v) is 13.0. The van der Waals surface area contributed by atoms with E-state index in [0.29, 0.717) is 6.61 Å².